The van der Waals surface area contributed by atoms with Gasteiger partial charge in [-0.1, -0.05) is 12.0 Å². The molecule has 1 aliphatic rings. The van der Waals surface area contributed by atoms with Crippen molar-refractivity contribution in [2.24, 2.45) is 4.99 Å². The predicted octanol–water partition coefficient (Wildman–Crippen LogP) is 2.30. The van der Waals surface area contributed by atoms with Crippen molar-refractivity contribution in [2.75, 3.05) is 25.7 Å². The van der Waals surface area contributed by atoms with Crippen molar-refractivity contribution in [1.82, 2.24) is 10.6 Å². The van der Waals surface area contributed by atoms with E-state index in [1.807, 2.05) is 0 Å². The second kappa shape index (κ2) is 10.2. The molecule has 1 aliphatic heterocycles. The van der Waals surface area contributed by atoms with Gasteiger partial charge in [-0.25, -0.2) is 0 Å². The first-order chi connectivity index (χ1) is 15.0. The molecule has 10 heteroatoms. The quantitative estimate of drug-likeness (QED) is 0.355. The van der Waals surface area contributed by atoms with Crippen molar-refractivity contribution >= 4 is 17.6 Å². The zero-order valence-electron chi connectivity index (χ0n) is 16.6. The number of carbonyl (C=O) groups excluding carboxylic acids is 1. The SMILES string of the molecule is C#Cc1cccc(NC(=O)CNC(=NC)NCc2cc3c(cc2OC(F)F)OCO3)c1. The highest BCUT2D eigenvalue weighted by molar-refractivity contribution is 5.95. The summed E-state index contributed by atoms with van der Waals surface area (Å²) in [7, 11) is 1.51. The predicted molar refractivity (Wildman–Crippen MR) is 110 cm³/mol. The van der Waals surface area contributed by atoms with Gasteiger partial charge in [0.25, 0.3) is 0 Å². The van der Waals surface area contributed by atoms with Crippen LogP contribution in [0.2, 0.25) is 0 Å². The maximum absolute atomic E-state index is 12.7. The average Bonchev–Trinajstić information content (AvgIpc) is 3.20. The monoisotopic (exact) mass is 430 g/mol. The van der Waals surface area contributed by atoms with Gasteiger partial charge >= 0.3 is 6.61 Å². The van der Waals surface area contributed by atoms with Gasteiger partial charge in [0.05, 0.1) is 6.54 Å². The highest BCUT2D eigenvalue weighted by Gasteiger charge is 2.20. The number of guanidine groups is 1. The van der Waals surface area contributed by atoms with E-state index in [4.69, 9.17) is 15.9 Å². The number of amides is 1. The highest BCUT2D eigenvalue weighted by atomic mass is 19.3. The molecule has 2 aromatic carbocycles. The third-order valence-corrected chi connectivity index (χ3v) is 4.17. The molecule has 1 amide bonds. The summed E-state index contributed by atoms with van der Waals surface area (Å²) in [5.41, 5.74) is 1.62. The molecule has 3 N–H and O–H groups in total. The van der Waals surface area contributed by atoms with Crippen LogP contribution in [0.1, 0.15) is 11.1 Å². The number of benzene rings is 2. The van der Waals surface area contributed by atoms with Crippen molar-refractivity contribution in [2.45, 2.75) is 13.2 Å². The largest absolute Gasteiger partial charge is 0.454 e. The van der Waals surface area contributed by atoms with E-state index < -0.39 is 6.61 Å². The number of nitrogens with zero attached hydrogens (tertiary/aromatic N) is 1. The second-order valence-corrected chi connectivity index (χ2v) is 6.24. The fourth-order valence-corrected chi connectivity index (χ4v) is 2.76. The van der Waals surface area contributed by atoms with Gasteiger partial charge < -0.3 is 30.2 Å². The molecule has 2 aromatic rings. The standard InChI is InChI=1S/C21H20F2N4O4/c1-3-13-5-4-6-15(7-13)27-19(28)11-26-21(24-2)25-10-14-8-17-18(30-12-29-17)9-16(14)31-20(22)23/h1,4-9,20H,10-12H2,2H3,(H,27,28)(H2,24,25,26). The molecule has 0 saturated carbocycles. The first-order valence-electron chi connectivity index (χ1n) is 9.17. The van der Waals surface area contributed by atoms with Crippen LogP contribution in [-0.2, 0) is 11.3 Å². The van der Waals surface area contributed by atoms with Crippen LogP contribution in [0.15, 0.2) is 41.4 Å². The van der Waals surface area contributed by atoms with Gasteiger partial charge in [0.1, 0.15) is 5.75 Å². The normalized spacial score (nSPS) is 12.3. The van der Waals surface area contributed by atoms with Crippen molar-refractivity contribution in [3.8, 4) is 29.6 Å². The Balaban J connectivity index is 1.57. The van der Waals surface area contributed by atoms with Crippen LogP contribution < -0.4 is 30.2 Å². The van der Waals surface area contributed by atoms with Crippen LogP contribution in [0, 0.1) is 12.3 Å². The van der Waals surface area contributed by atoms with E-state index in [-0.39, 0.29) is 37.5 Å². The third-order valence-electron chi connectivity index (χ3n) is 4.17. The summed E-state index contributed by atoms with van der Waals surface area (Å²) >= 11 is 0. The number of hydrogen-bond acceptors (Lipinski definition) is 5. The number of nitrogens with one attached hydrogen (secondary N) is 3. The minimum absolute atomic E-state index is 0.00290. The summed E-state index contributed by atoms with van der Waals surface area (Å²) in [6.07, 6.45) is 5.35. The van der Waals surface area contributed by atoms with E-state index in [1.54, 1.807) is 30.3 Å². The molecule has 0 aliphatic carbocycles. The lowest BCUT2D eigenvalue weighted by Crippen LogP contribution is -2.41. The van der Waals surface area contributed by atoms with Gasteiger partial charge in [-0.05, 0) is 24.3 Å². The zero-order chi connectivity index (χ0) is 22.2. The van der Waals surface area contributed by atoms with Crippen LogP contribution in [0.5, 0.6) is 17.2 Å². The number of ether oxygens (including phenoxy) is 3. The molecule has 31 heavy (non-hydrogen) atoms. The average molecular weight is 430 g/mol. The van der Waals surface area contributed by atoms with Crippen LogP contribution in [0.3, 0.4) is 0 Å². The van der Waals surface area contributed by atoms with Gasteiger partial charge in [-0.3, -0.25) is 9.79 Å². The summed E-state index contributed by atoms with van der Waals surface area (Å²) in [4.78, 5) is 16.2. The molecular weight excluding hydrogens is 410 g/mol. The minimum atomic E-state index is -2.99. The van der Waals surface area contributed by atoms with Crippen molar-refractivity contribution < 1.29 is 27.8 Å². The Hall–Kier alpha value is -4.00. The summed E-state index contributed by atoms with van der Waals surface area (Å²) < 4.78 is 40.5. The Morgan fingerprint density at radius 1 is 1.26 bits per heavy atom. The smallest absolute Gasteiger partial charge is 0.387 e. The van der Waals surface area contributed by atoms with Gasteiger partial charge in [-0.15, -0.1) is 6.42 Å². The molecule has 162 valence electrons. The van der Waals surface area contributed by atoms with Crippen molar-refractivity contribution in [3.05, 3.63) is 47.5 Å². The summed E-state index contributed by atoms with van der Waals surface area (Å²) in [6.45, 7) is -2.98. The van der Waals surface area contributed by atoms with E-state index >= 15 is 0 Å². The Morgan fingerprint density at radius 2 is 2.03 bits per heavy atom. The fourth-order valence-electron chi connectivity index (χ4n) is 2.76. The fraction of sp³-hybridized carbons (Fsp3) is 0.238. The lowest BCUT2D eigenvalue weighted by Gasteiger charge is -2.15. The highest BCUT2D eigenvalue weighted by Crippen LogP contribution is 2.38. The van der Waals surface area contributed by atoms with Crippen LogP contribution in [0.25, 0.3) is 0 Å². The number of hydrogen-bond donors (Lipinski definition) is 3. The Morgan fingerprint density at radius 3 is 2.74 bits per heavy atom. The first kappa shape index (κ1) is 21.7. The number of fused-ring (bicyclic) bond motifs is 1. The molecule has 3 rings (SSSR count). The number of anilines is 1. The summed E-state index contributed by atoms with van der Waals surface area (Å²) in [5.74, 6) is 3.17. The molecule has 1 heterocycles. The van der Waals surface area contributed by atoms with Gasteiger partial charge in [0, 0.05) is 36.5 Å². The lowest BCUT2D eigenvalue weighted by molar-refractivity contribution is -0.115. The van der Waals surface area contributed by atoms with E-state index in [0.717, 1.165) is 0 Å². The maximum Gasteiger partial charge on any atom is 0.387 e. The number of aliphatic imine (C=N–C) groups is 1. The molecule has 0 radical (unpaired) electrons. The van der Waals surface area contributed by atoms with Gasteiger partial charge in [0.15, 0.2) is 17.5 Å². The van der Waals surface area contributed by atoms with E-state index in [9.17, 15) is 13.6 Å². The van der Waals surface area contributed by atoms with E-state index in [2.05, 4.69) is 31.6 Å². The molecule has 0 saturated heterocycles. The van der Waals surface area contributed by atoms with Crippen LogP contribution in [0.4, 0.5) is 14.5 Å². The number of alkyl halides is 2. The number of terminal acetylenes is 1. The number of carbonyl (C=O) groups is 1. The third kappa shape index (κ3) is 5.99. The molecule has 8 nitrogen and oxygen atoms in total. The Kier molecular flexibility index (Phi) is 7.11. The summed E-state index contributed by atoms with van der Waals surface area (Å²) in [6, 6.07) is 9.78. The molecule has 0 spiro atoms. The van der Waals surface area contributed by atoms with Crippen molar-refractivity contribution in [1.29, 1.82) is 0 Å². The zero-order valence-corrected chi connectivity index (χ0v) is 16.6. The van der Waals surface area contributed by atoms with Crippen LogP contribution >= 0.6 is 0 Å². The van der Waals surface area contributed by atoms with E-state index in [0.29, 0.717) is 28.3 Å². The first-order valence-corrected chi connectivity index (χ1v) is 9.17. The number of halogens is 2. The summed E-state index contributed by atoms with van der Waals surface area (Å²) in [5, 5.41) is 8.50. The molecule has 0 aromatic heterocycles. The molecule has 0 unspecified atom stereocenters. The lowest BCUT2D eigenvalue weighted by atomic mass is 10.1. The maximum atomic E-state index is 12.7. The topological polar surface area (TPSA) is 93.2 Å². The Labute approximate surface area is 177 Å². The van der Waals surface area contributed by atoms with Gasteiger partial charge in [-0.2, -0.15) is 8.78 Å². The molecular formula is C21H20F2N4O4. The van der Waals surface area contributed by atoms with Crippen LogP contribution in [-0.4, -0.2) is 38.9 Å². The molecule has 0 atom stereocenters. The number of rotatable bonds is 7. The van der Waals surface area contributed by atoms with Crippen molar-refractivity contribution in [3.63, 3.8) is 0 Å². The van der Waals surface area contributed by atoms with E-state index in [1.165, 1.54) is 13.1 Å². The minimum Gasteiger partial charge on any atom is -0.454 e. The van der Waals surface area contributed by atoms with Gasteiger partial charge in [0.2, 0.25) is 12.7 Å². The Bertz CT molecular complexity index is 1020. The second-order valence-electron chi connectivity index (χ2n) is 6.24. The molecule has 0 fully saturated rings. The molecule has 0 bridgehead atoms.